The topological polar surface area (TPSA) is 67.7 Å². The van der Waals surface area contributed by atoms with Gasteiger partial charge in [-0.1, -0.05) is 0 Å². The number of carbonyl (C=O) groups is 2. The Morgan fingerprint density at radius 3 is 2.46 bits per heavy atom. The second-order valence-electron chi connectivity index (χ2n) is 5.71. The smallest absolute Gasteiger partial charge is 0.308 e. The number of nitrogens with zero attached hydrogens (tertiary/aromatic N) is 4. The summed E-state index contributed by atoms with van der Waals surface area (Å²) in [4.78, 5) is 30.9. The van der Waals surface area contributed by atoms with Gasteiger partial charge in [0.2, 0.25) is 5.91 Å². The number of aromatic nitrogens is 2. The van der Waals surface area contributed by atoms with E-state index in [0.717, 1.165) is 24.5 Å². The SMILES string of the molecule is CC(=O)Oc1ccc(N2CCN(C(C)=O)CC2)cc1-n1ccnc1. The van der Waals surface area contributed by atoms with Crippen molar-refractivity contribution in [3.05, 3.63) is 36.9 Å². The van der Waals surface area contributed by atoms with Crippen LogP contribution in [0.25, 0.3) is 5.69 Å². The molecule has 3 rings (SSSR count). The van der Waals surface area contributed by atoms with Crippen molar-refractivity contribution in [1.29, 1.82) is 0 Å². The molecule has 0 bridgehead atoms. The highest BCUT2D eigenvalue weighted by Gasteiger charge is 2.20. The van der Waals surface area contributed by atoms with Crippen LogP contribution in [0, 0.1) is 0 Å². The molecule has 1 aliphatic rings. The van der Waals surface area contributed by atoms with E-state index in [9.17, 15) is 9.59 Å². The highest BCUT2D eigenvalue weighted by atomic mass is 16.5. The van der Waals surface area contributed by atoms with Crippen molar-refractivity contribution in [3.63, 3.8) is 0 Å². The van der Waals surface area contributed by atoms with Crippen LogP contribution in [0.15, 0.2) is 36.9 Å². The van der Waals surface area contributed by atoms with Crippen LogP contribution in [-0.2, 0) is 9.59 Å². The molecular weight excluding hydrogens is 308 g/mol. The number of esters is 1. The molecular formula is C17H20N4O3. The van der Waals surface area contributed by atoms with E-state index in [1.54, 1.807) is 31.7 Å². The van der Waals surface area contributed by atoms with Gasteiger partial charge in [-0.05, 0) is 18.2 Å². The fourth-order valence-corrected chi connectivity index (χ4v) is 2.83. The first-order valence-corrected chi connectivity index (χ1v) is 7.86. The van der Waals surface area contributed by atoms with Gasteiger partial charge in [0.1, 0.15) is 0 Å². The zero-order valence-corrected chi connectivity index (χ0v) is 13.8. The van der Waals surface area contributed by atoms with Crippen molar-refractivity contribution in [1.82, 2.24) is 14.5 Å². The predicted molar refractivity (Wildman–Crippen MR) is 89.3 cm³/mol. The molecule has 1 aromatic carbocycles. The maximum atomic E-state index is 11.4. The number of rotatable bonds is 3. The molecule has 0 spiro atoms. The van der Waals surface area contributed by atoms with Crippen LogP contribution in [0.4, 0.5) is 5.69 Å². The Morgan fingerprint density at radius 1 is 1.12 bits per heavy atom. The summed E-state index contributed by atoms with van der Waals surface area (Å²) in [5, 5.41) is 0. The Hall–Kier alpha value is -2.83. The largest absolute Gasteiger partial charge is 0.424 e. The molecule has 1 aromatic heterocycles. The first kappa shape index (κ1) is 16.0. The second-order valence-corrected chi connectivity index (χ2v) is 5.71. The number of carbonyl (C=O) groups excluding carboxylic acids is 2. The Kier molecular flexibility index (Phi) is 4.50. The monoisotopic (exact) mass is 328 g/mol. The molecule has 0 aliphatic carbocycles. The molecule has 1 amide bonds. The molecule has 126 valence electrons. The van der Waals surface area contributed by atoms with E-state index in [2.05, 4.69) is 9.88 Å². The minimum atomic E-state index is -0.362. The Balaban J connectivity index is 1.86. The number of hydrogen-bond acceptors (Lipinski definition) is 5. The minimum absolute atomic E-state index is 0.110. The third-order valence-electron chi connectivity index (χ3n) is 4.07. The van der Waals surface area contributed by atoms with E-state index in [0.29, 0.717) is 18.8 Å². The Labute approximate surface area is 140 Å². The molecule has 2 aromatic rings. The summed E-state index contributed by atoms with van der Waals surface area (Å²) in [5.41, 5.74) is 1.78. The lowest BCUT2D eigenvalue weighted by Crippen LogP contribution is -2.48. The number of imidazole rings is 1. The number of ether oxygens (including phenoxy) is 1. The standard InChI is InChI=1S/C17H20N4O3/c1-13(22)19-7-9-20(10-8-19)15-3-4-17(24-14(2)23)16(11-15)21-6-5-18-12-21/h3-6,11-12H,7-10H2,1-2H3. The van der Waals surface area contributed by atoms with E-state index in [1.807, 2.05) is 21.6 Å². The number of piperazine rings is 1. The number of benzene rings is 1. The molecule has 1 fully saturated rings. The number of anilines is 1. The third-order valence-corrected chi connectivity index (χ3v) is 4.07. The summed E-state index contributed by atoms with van der Waals surface area (Å²) in [5.74, 6) is 0.241. The summed E-state index contributed by atoms with van der Waals surface area (Å²) < 4.78 is 7.11. The zero-order valence-electron chi connectivity index (χ0n) is 13.8. The fraction of sp³-hybridized carbons (Fsp3) is 0.353. The van der Waals surface area contributed by atoms with Gasteiger partial charge in [0.15, 0.2) is 5.75 Å². The van der Waals surface area contributed by atoms with Crippen LogP contribution in [0.3, 0.4) is 0 Å². The van der Waals surface area contributed by atoms with Crippen molar-refractivity contribution < 1.29 is 14.3 Å². The van der Waals surface area contributed by atoms with Crippen LogP contribution >= 0.6 is 0 Å². The summed E-state index contributed by atoms with van der Waals surface area (Å²) in [6.45, 7) is 5.95. The van der Waals surface area contributed by atoms with Gasteiger partial charge < -0.3 is 19.1 Å². The molecule has 1 aliphatic heterocycles. The lowest BCUT2D eigenvalue weighted by Gasteiger charge is -2.35. The van der Waals surface area contributed by atoms with Gasteiger partial charge in [-0.3, -0.25) is 9.59 Å². The summed E-state index contributed by atoms with van der Waals surface area (Å²) in [7, 11) is 0. The molecule has 0 radical (unpaired) electrons. The lowest BCUT2D eigenvalue weighted by atomic mass is 10.2. The molecule has 7 nitrogen and oxygen atoms in total. The molecule has 1 saturated heterocycles. The van der Waals surface area contributed by atoms with Crippen LogP contribution in [0.1, 0.15) is 13.8 Å². The molecule has 0 N–H and O–H groups in total. The summed E-state index contributed by atoms with van der Waals surface area (Å²) >= 11 is 0. The second kappa shape index (κ2) is 6.74. The Bertz CT molecular complexity index is 734. The maximum Gasteiger partial charge on any atom is 0.308 e. The molecule has 7 heteroatoms. The van der Waals surface area contributed by atoms with Gasteiger partial charge in [-0.2, -0.15) is 0 Å². The van der Waals surface area contributed by atoms with Crippen LogP contribution < -0.4 is 9.64 Å². The molecule has 24 heavy (non-hydrogen) atoms. The zero-order chi connectivity index (χ0) is 17.1. The van der Waals surface area contributed by atoms with Crippen LogP contribution in [0.2, 0.25) is 0 Å². The van der Waals surface area contributed by atoms with Crippen molar-refractivity contribution in [2.45, 2.75) is 13.8 Å². The number of hydrogen-bond donors (Lipinski definition) is 0. The highest BCUT2D eigenvalue weighted by molar-refractivity contribution is 5.74. The average Bonchev–Trinajstić information content (AvgIpc) is 3.09. The quantitative estimate of drug-likeness (QED) is 0.630. The normalized spacial score (nSPS) is 14.6. The van der Waals surface area contributed by atoms with Crippen molar-refractivity contribution in [2.24, 2.45) is 0 Å². The van der Waals surface area contributed by atoms with Gasteiger partial charge in [0, 0.05) is 58.1 Å². The first-order valence-electron chi connectivity index (χ1n) is 7.86. The van der Waals surface area contributed by atoms with Gasteiger partial charge in [0.05, 0.1) is 12.0 Å². The predicted octanol–water partition coefficient (Wildman–Crippen LogP) is 1.47. The molecule has 0 saturated carbocycles. The number of amides is 1. The van der Waals surface area contributed by atoms with Gasteiger partial charge in [-0.25, -0.2) is 4.98 Å². The highest BCUT2D eigenvalue weighted by Crippen LogP contribution is 2.29. The van der Waals surface area contributed by atoms with Crippen molar-refractivity contribution in [3.8, 4) is 11.4 Å². The molecule has 2 heterocycles. The van der Waals surface area contributed by atoms with E-state index in [4.69, 9.17) is 4.74 Å². The van der Waals surface area contributed by atoms with Gasteiger partial charge >= 0.3 is 5.97 Å². The van der Waals surface area contributed by atoms with Crippen molar-refractivity contribution >= 4 is 17.6 Å². The first-order chi connectivity index (χ1) is 11.5. The summed E-state index contributed by atoms with van der Waals surface area (Å²) in [6, 6.07) is 5.70. The van der Waals surface area contributed by atoms with Gasteiger partial charge in [0.25, 0.3) is 0 Å². The maximum absolute atomic E-state index is 11.4. The minimum Gasteiger partial charge on any atom is -0.424 e. The molecule has 0 atom stereocenters. The van der Waals surface area contributed by atoms with E-state index >= 15 is 0 Å². The van der Waals surface area contributed by atoms with Crippen LogP contribution in [0.5, 0.6) is 5.75 Å². The van der Waals surface area contributed by atoms with Crippen LogP contribution in [-0.4, -0.2) is 52.5 Å². The lowest BCUT2D eigenvalue weighted by molar-refractivity contribution is -0.132. The Morgan fingerprint density at radius 2 is 1.88 bits per heavy atom. The summed E-state index contributed by atoms with van der Waals surface area (Å²) in [6.07, 6.45) is 5.15. The fourth-order valence-electron chi connectivity index (χ4n) is 2.83. The van der Waals surface area contributed by atoms with E-state index in [1.165, 1.54) is 6.92 Å². The van der Waals surface area contributed by atoms with Gasteiger partial charge in [-0.15, -0.1) is 0 Å². The third kappa shape index (κ3) is 3.40. The van der Waals surface area contributed by atoms with E-state index < -0.39 is 0 Å². The van der Waals surface area contributed by atoms with E-state index in [-0.39, 0.29) is 11.9 Å². The average molecular weight is 328 g/mol. The van der Waals surface area contributed by atoms with Crippen molar-refractivity contribution in [2.75, 3.05) is 31.1 Å². The molecule has 0 unspecified atom stereocenters.